The highest BCUT2D eigenvalue weighted by atomic mass is 16.5. The SMILES string of the molecule is CC(C)(CN1CCC(Cc2cccc(CO)c2)C1)N1CCOCC1. The zero-order chi connectivity index (χ0) is 17.0. The highest BCUT2D eigenvalue weighted by molar-refractivity contribution is 5.23. The van der Waals surface area contributed by atoms with Crippen LogP contribution < -0.4 is 0 Å². The molecular formula is C20H32N2O2. The van der Waals surface area contributed by atoms with E-state index in [9.17, 15) is 5.11 Å². The molecule has 2 heterocycles. The molecule has 1 atom stereocenters. The van der Waals surface area contributed by atoms with Crippen molar-refractivity contribution in [2.75, 3.05) is 45.9 Å². The molecule has 0 spiro atoms. The third-order valence-corrected chi connectivity index (χ3v) is 5.55. The molecule has 1 aromatic rings. The number of nitrogens with zero attached hydrogens (tertiary/aromatic N) is 2. The van der Waals surface area contributed by atoms with Gasteiger partial charge in [-0.2, -0.15) is 0 Å². The fourth-order valence-corrected chi connectivity index (χ4v) is 4.23. The Morgan fingerprint density at radius 2 is 1.92 bits per heavy atom. The molecule has 0 aliphatic carbocycles. The van der Waals surface area contributed by atoms with Gasteiger partial charge >= 0.3 is 0 Å². The van der Waals surface area contributed by atoms with Gasteiger partial charge < -0.3 is 14.7 Å². The molecule has 4 heteroatoms. The van der Waals surface area contributed by atoms with Gasteiger partial charge in [0.25, 0.3) is 0 Å². The van der Waals surface area contributed by atoms with Crippen LogP contribution in [0.25, 0.3) is 0 Å². The smallest absolute Gasteiger partial charge is 0.0681 e. The van der Waals surface area contributed by atoms with E-state index in [1.165, 1.54) is 25.1 Å². The normalized spacial score (nSPS) is 23.7. The molecule has 3 rings (SSSR count). The van der Waals surface area contributed by atoms with Crippen LogP contribution in [0.15, 0.2) is 24.3 Å². The Bertz CT molecular complexity index is 526. The first-order valence-corrected chi connectivity index (χ1v) is 9.31. The molecule has 2 fully saturated rings. The summed E-state index contributed by atoms with van der Waals surface area (Å²) in [6, 6.07) is 8.41. The van der Waals surface area contributed by atoms with Gasteiger partial charge in [-0.05, 0) is 50.3 Å². The molecule has 0 saturated carbocycles. The van der Waals surface area contributed by atoms with Crippen molar-refractivity contribution in [3.8, 4) is 0 Å². The van der Waals surface area contributed by atoms with Gasteiger partial charge in [-0.3, -0.25) is 4.90 Å². The van der Waals surface area contributed by atoms with Crippen molar-refractivity contribution >= 4 is 0 Å². The van der Waals surface area contributed by atoms with Crippen LogP contribution in [0, 0.1) is 5.92 Å². The largest absolute Gasteiger partial charge is 0.392 e. The Morgan fingerprint density at radius 1 is 1.17 bits per heavy atom. The molecule has 24 heavy (non-hydrogen) atoms. The molecule has 2 aliphatic rings. The average molecular weight is 332 g/mol. The second-order valence-corrected chi connectivity index (χ2v) is 7.98. The lowest BCUT2D eigenvalue weighted by molar-refractivity contribution is -0.0198. The minimum absolute atomic E-state index is 0.137. The molecule has 2 aliphatic heterocycles. The van der Waals surface area contributed by atoms with Crippen molar-refractivity contribution < 1.29 is 9.84 Å². The number of aliphatic hydroxyl groups is 1. The second kappa shape index (κ2) is 7.96. The van der Waals surface area contributed by atoms with Crippen LogP contribution in [0.3, 0.4) is 0 Å². The van der Waals surface area contributed by atoms with Crippen molar-refractivity contribution in [3.63, 3.8) is 0 Å². The first-order valence-electron chi connectivity index (χ1n) is 9.31. The van der Waals surface area contributed by atoms with Gasteiger partial charge in [-0.1, -0.05) is 24.3 Å². The number of hydrogen-bond donors (Lipinski definition) is 1. The van der Waals surface area contributed by atoms with Crippen LogP contribution in [-0.4, -0.2) is 66.4 Å². The molecule has 0 bridgehead atoms. The molecule has 2 saturated heterocycles. The van der Waals surface area contributed by atoms with Gasteiger partial charge in [0, 0.05) is 31.7 Å². The van der Waals surface area contributed by atoms with Crippen molar-refractivity contribution in [3.05, 3.63) is 35.4 Å². The van der Waals surface area contributed by atoms with Gasteiger partial charge in [0.05, 0.1) is 19.8 Å². The van der Waals surface area contributed by atoms with Gasteiger partial charge in [0.1, 0.15) is 0 Å². The molecule has 134 valence electrons. The van der Waals surface area contributed by atoms with Crippen LogP contribution in [-0.2, 0) is 17.8 Å². The molecule has 0 amide bonds. The summed E-state index contributed by atoms with van der Waals surface area (Å²) in [4.78, 5) is 5.21. The number of likely N-dealkylation sites (tertiary alicyclic amines) is 1. The molecule has 0 aromatic heterocycles. The highest BCUT2D eigenvalue weighted by Crippen LogP contribution is 2.25. The number of ether oxygens (including phenoxy) is 1. The summed E-state index contributed by atoms with van der Waals surface area (Å²) in [5.41, 5.74) is 2.60. The second-order valence-electron chi connectivity index (χ2n) is 7.98. The summed E-state index contributed by atoms with van der Waals surface area (Å²) in [5.74, 6) is 0.736. The van der Waals surface area contributed by atoms with Gasteiger partial charge in [-0.25, -0.2) is 0 Å². The van der Waals surface area contributed by atoms with E-state index in [2.05, 4.69) is 41.8 Å². The fourth-order valence-electron chi connectivity index (χ4n) is 4.23. The summed E-state index contributed by atoms with van der Waals surface area (Å²) in [6.45, 7) is 12.3. The van der Waals surface area contributed by atoms with Crippen molar-refractivity contribution in [2.45, 2.75) is 38.8 Å². The Labute approximate surface area is 146 Å². The zero-order valence-corrected chi connectivity index (χ0v) is 15.2. The summed E-state index contributed by atoms with van der Waals surface area (Å²) < 4.78 is 5.49. The third-order valence-electron chi connectivity index (χ3n) is 5.55. The van der Waals surface area contributed by atoms with E-state index in [0.717, 1.165) is 50.8 Å². The maximum Gasteiger partial charge on any atom is 0.0681 e. The summed E-state index contributed by atoms with van der Waals surface area (Å²) >= 11 is 0. The summed E-state index contributed by atoms with van der Waals surface area (Å²) in [6.07, 6.45) is 2.41. The highest BCUT2D eigenvalue weighted by Gasteiger charge is 2.33. The van der Waals surface area contributed by atoms with Crippen molar-refractivity contribution in [1.82, 2.24) is 9.80 Å². The number of aliphatic hydroxyl groups excluding tert-OH is 1. The van der Waals surface area contributed by atoms with Crippen LogP contribution in [0.2, 0.25) is 0 Å². The lowest BCUT2D eigenvalue weighted by Crippen LogP contribution is -2.55. The topological polar surface area (TPSA) is 35.9 Å². The summed E-state index contributed by atoms with van der Waals surface area (Å²) in [5, 5.41) is 9.29. The number of morpholine rings is 1. The maximum atomic E-state index is 9.29. The van der Waals surface area contributed by atoms with Crippen molar-refractivity contribution in [1.29, 1.82) is 0 Å². The Kier molecular flexibility index (Phi) is 5.93. The minimum Gasteiger partial charge on any atom is -0.392 e. The van der Waals surface area contributed by atoms with E-state index in [1.54, 1.807) is 0 Å². The average Bonchev–Trinajstić information content (AvgIpc) is 3.02. The van der Waals surface area contributed by atoms with Crippen LogP contribution in [0.4, 0.5) is 0 Å². The monoisotopic (exact) mass is 332 g/mol. The Balaban J connectivity index is 1.51. The molecule has 1 unspecified atom stereocenters. The minimum atomic E-state index is 0.137. The lowest BCUT2D eigenvalue weighted by atomic mass is 9.97. The van der Waals surface area contributed by atoms with Crippen LogP contribution in [0.1, 0.15) is 31.4 Å². The van der Waals surface area contributed by atoms with E-state index in [0.29, 0.717) is 0 Å². The predicted molar refractivity (Wildman–Crippen MR) is 97.1 cm³/mol. The maximum absolute atomic E-state index is 9.29. The number of benzene rings is 1. The molecule has 4 nitrogen and oxygen atoms in total. The molecule has 0 radical (unpaired) electrons. The van der Waals surface area contributed by atoms with E-state index >= 15 is 0 Å². The number of hydrogen-bond acceptors (Lipinski definition) is 4. The van der Waals surface area contributed by atoms with Gasteiger partial charge in [0.2, 0.25) is 0 Å². The van der Waals surface area contributed by atoms with Crippen LogP contribution >= 0.6 is 0 Å². The fraction of sp³-hybridized carbons (Fsp3) is 0.700. The molecule has 1 N–H and O–H groups in total. The molecular weight excluding hydrogens is 300 g/mol. The third kappa shape index (κ3) is 4.57. The van der Waals surface area contributed by atoms with E-state index in [-0.39, 0.29) is 12.1 Å². The zero-order valence-electron chi connectivity index (χ0n) is 15.2. The lowest BCUT2D eigenvalue weighted by Gasteiger charge is -2.43. The summed E-state index contributed by atoms with van der Waals surface area (Å²) in [7, 11) is 0. The Morgan fingerprint density at radius 3 is 2.67 bits per heavy atom. The van der Waals surface area contributed by atoms with Crippen molar-refractivity contribution in [2.24, 2.45) is 5.92 Å². The van der Waals surface area contributed by atoms with E-state index in [1.807, 2.05) is 6.07 Å². The quantitative estimate of drug-likeness (QED) is 0.866. The molecule has 1 aromatic carbocycles. The standard InChI is InChI=1S/C20H32N2O2/c1-20(2,22-8-10-24-11-9-22)16-21-7-6-18(14-21)12-17-4-3-5-19(13-17)15-23/h3-5,13,18,23H,6-12,14-16H2,1-2H3. The first kappa shape index (κ1) is 17.9. The predicted octanol–water partition coefficient (Wildman–Crippen LogP) is 2.15. The Hall–Kier alpha value is -0.940. The number of rotatable bonds is 6. The van der Waals surface area contributed by atoms with E-state index in [4.69, 9.17) is 4.74 Å². The first-order chi connectivity index (χ1) is 11.6. The van der Waals surface area contributed by atoms with Gasteiger partial charge in [0.15, 0.2) is 0 Å². The van der Waals surface area contributed by atoms with Gasteiger partial charge in [-0.15, -0.1) is 0 Å². The van der Waals surface area contributed by atoms with E-state index < -0.39 is 0 Å². The van der Waals surface area contributed by atoms with Crippen LogP contribution in [0.5, 0.6) is 0 Å².